The lowest BCUT2D eigenvalue weighted by Crippen LogP contribution is -2.13. The first-order valence-corrected chi connectivity index (χ1v) is 5.57. The molecule has 0 atom stereocenters. The summed E-state index contributed by atoms with van der Waals surface area (Å²) in [4.78, 5) is 12.0. The molecular formula is C13H12ClNO2. The smallest absolute Gasteiger partial charge is 0.259 e. The van der Waals surface area contributed by atoms with Crippen molar-refractivity contribution in [1.29, 1.82) is 0 Å². The van der Waals surface area contributed by atoms with Gasteiger partial charge in [-0.15, -0.1) is 0 Å². The second kappa shape index (κ2) is 4.63. The molecule has 0 bridgehead atoms. The van der Waals surface area contributed by atoms with Crippen molar-refractivity contribution in [3.8, 4) is 0 Å². The Labute approximate surface area is 104 Å². The minimum Gasteiger partial charge on any atom is -0.469 e. The molecule has 0 radical (unpaired) electrons. The van der Waals surface area contributed by atoms with Gasteiger partial charge in [0.25, 0.3) is 5.91 Å². The molecule has 0 aliphatic rings. The largest absolute Gasteiger partial charge is 0.469 e. The summed E-state index contributed by atoms with van der Waals surface area (Å²) in [7, 11) is 0. The molecule has 0 spiro atoms. The molecule has 2 aromatic rings. The summed E-state index contributed by atoms with van der Waals surface area (Å²) in [5.74, 6) is 0.429. The van der Waals surface area contributed by atoms with E-state index in [1.54, 1.807) is 37.5 Å². The molecule has 1 amide bonds. The second-order valence-electron chi connectivity index (χ2n) is 3.81. The van der Waals surface area contributed by atoms with Gasteiger partial charge in [0.15, 0.2) is 0 Å². The summed E-state index contributed by atoms with van der Waals surface area (Å²) in [6.07, 6.45) is 1.57. The van der Waals surface area contributed by atoms with E-state index < -0.39 is 0 Å². The molecule has 1 aromatic carbocycles. The number of furan rings is 1. The van der Waals surface area contributed by atoms with Crippen molar-refractivity contribution in [2.45, 2.75) is 13.8 Å². The molecule has 0 aliphatic heterocycles. The summed E-state index contributed by atoms with van der Waals surface area (Å²) in [6, 6.07) is 7.03. The lowest BCUT2D eigenvalue weighted by atomic mass is 10.1. The molecule has 1 aromatic heterocycles. The van der Waals surface area contributed by atoms with Gasteiger partial charge in [-0.05, 0) is 32.0 Å². The highest BCUT2D eigenvalue weighted by molar-refractivity contribution is 6.31. The summed E-state index contributed by atoms with van der Waals surface area (Å²) >= 11 is 5.85. The van der Waals surface area contributed by atoms with Crippen LogP contribution in [0.15, 0.2) is 34.9 Å². The molecule has 2 rings (SSSR count). The second-order valence-corrected chi connectivity index (χ2v) is 4.25. The Morgan fingerprint density at radius 3 is 2.71 bits per heavy atom. The summed E-state index contributed by atoms with van der Waals surface area (Å²) < 4.78 is 5.19. The highest BCUT2D eigenvalue weighted by Crippen LogP contribution is 2.19. The highest BCUT2D eigenvalue weighted by atomic mass is 35.5. The number of anilines is 1. The standard InChI is InChI=1S/C13H12ClNO2/c1-8-7-17-9(2)12(8)13(16)15-11-5-3-4-10(14)6-11/h3-7H,1-2H3,(H,15,16). The third kappa shape index (κ3) is 2.50. The van der Waals surface area contributed by atoms with Gasteiger partial charge >= 0.3 is 0 Å². The van der Waals surface area contributed by atoms with Crippen LogP contribution in [-0.4, -0.2) is 5.91 Å². The van der Waals surface area contributed by atoms with E-state index in [1.165, 1.54) is 0 Å². The van der Waals surface area contributed by atoms with Gasteiger partial charge in [0.2, 0.25) is 0 Å². The molecule has 0 saturated carbocycles. The van der Waals surface area contributed by atoms with Crippen LogP contribution in [0.2, 0.25) is 5.02 Å². The Kier molecular flexibility index (Phi) is 3.20. The minimum atomic E-state index is -0.184. The molecule has 17 heavy (non-hydrogen) atoms. The predicted octanol–water partition coefficient (Wildman–Crippen LogP) is 3.80. The van der Waals surface area contributed by atoms with Gasteiger partial charge in [-0.25, -0.2) is 0 Å². The molecule has 0 fully saturated rings. The third-order valence-electron chi connectivity index (χ3n) is 2.47. The van der Waals surface area contributed by atoms with Crippen molar-refractivity contribution in [2.75, 3.05) is 5.32 Å². The predicted molar refractivity (Wildman–Crippen MR) is 67.6 cm³/mol. The van der Waals surface area contributed by atoms with Crippen LogP contribution in [0.4, 0.5) is 5.69 Å². The monoisotopic (exact) mass is 249 g/mol. The zero-order chi connectivity index (χ0) is 12.4. The van der Waals surface area contributed by atoms with Gasteiger partial charge in [0.05, 0.1) is 11.8 Å². The summed E-state index contributed by atoms with van der Waals surface area (Å²) in [6.45, 7) is 3.60. The van der Waals surface area contributed by atoms with Crippen LogP contribution < -0.4 is 5.32 Å². The van der Waals surface area contributed by atoms with Crippen molar-refractivity contribution in [3.63, 3.8) is 0 Å². The average Bonchev–Trinajstić information content (AvgIpc) is 2.58. The molecule has 1 heterocycles. The number of amides is 1. The van der Waals surface area contributed by atoms with E-state index in [2.05, 4.69) is 5.32 Å². The fraction of sp³-hybridized carbons (Fsp3) is 0.154. The van der Waals surface area contributed by atoms with Crippen LogP contribution in [-0.2, 0) is 0 Å². The minimum absolute atomic E-state index is 0.184. The number of hydrogen-bond acceptors (Lipinski definition) is 2. The van der Waals surface area contributed by atoms with Gasteiger partial charge in [0.1, 0.15) is 5.76 Å². The highest BCUT2D eigenvalue weighted by Gasteiger charge is 2.15. The molecule has 3 nitrogen and oxygen atoms in total. The Morgan fingerprint density at radius 1 is 1.35 bits per heavy atom. The summed E-state index contributed by atoms with van der Waals surface area (Å²) in [5.41, 5.74) is 2.06. The maximum Gasteiger partial charge on any atom is 0.259 e. The van der Waals surface area contributed by atoms with Crippen LogP contribution in [0.3, 0.4) is 0 Å². The first kappa shape index (κ1) is 11.7. The first-order valence-electron chi connectivity index (χ1n) is 5.19. The third-order valence-corrected chi connectivity index (χ3v) is 2.70. The van der Waals surface area contributed by atoms with Crippen molar-refractivity contribution >= 4 is 23.2 Å². The zero-order valence-electron chi connectivity index (χ0n) is 9.58. The molecule has 88 valence electrons. The number of carbonyl (C=O) groups is 1. The van der Waals surface area contributed by atoms with Gasteiger partial charge in [-0.2, -0.15) is 0 Å². The Morgan fingerprint density at radius 2 is 2.12 bits per heavy atom. The van der Waals surface area contributed by atoms with Gasteiger partial charge < -0.3 is 9.73 Å². The molecule has 1 N–H and O–H groups in total. The van der Waals surface area contributed by atoms with Gasteiger partial charge in [-0.3, -0.25) is 4.79 Å². The summed E-state index contributed by atoms with van der Waals surface area (Å²) in [5, 5.41) is 3.37. The number of carbonyl (C=O) groups excluding carboxylic acids is 1. The number of aryl methyl sites for hydroxylation is 2. The maximum atomic E-state index is 12.0. The first-order chi connectivity index (χ1) is 8.08. The maximum absolute atomic E-state index is 12.0. The van der Waals surface area contributed by atoms with Gasteiger partial charge in [0, 0.05) is 16.3 Å². The number of benzene rings is 1. The van der Waals surface area contributed by atoms with Crippen molar-refractivity contribution < 1.29 is 9.21 Å². The molecule has 0 aliphatic carbocycles. The van der Waals surface area contributed by atoms with E-state index >= 15 is 0 Å². The lowest BCUT2D eigenvalue weighted by molar-refractivity contribution is 0.102. The fourth-order valence-corrected chi connectivity index (χ4v) is 1.86. The Balaban J connectivity index is 2.23. The van der Waals surface area contributed by atoms with Crippen LogP contribution in [0.5, 0.6) is 0 Å². The Bertz CT molecular complexity index is 541. The SMILES string of the molecule is Cc1coc(C)c1C(=O)Nc1cccc(Cl)c1. The van der Waals surface area contributed by atoms with E-state index in [-0.39, 0.29) is 5.91 Å². The number of rotatable bonds is 2. The van der Waals surface area contributed by atoms with Gasteiger partial charge in [-0.1, -0.05) is 17.7 Å². The van der Waals surface area contributed by atoms with E-state index in [0.29, 0.717) is 22.0 Å². The normalized spacial score (nSPS) is 10.3. The number of hydrogen-bond donors (Lipinski definition) is 1. The zero-order valence-corrected chi connectivity index (χ0v) is 10.3. The molecule has 0 saturated heterocycles. The van der Waals surface area contributed by atoms with Crippen LogP contribution in [0.1, 0.15) is 21.7 Å². The fourth-order valence-electron chi connectivity index (χ4n) is 1.67. The van der Waals surface area contributed by atoms with E-state index in [0.717, 1.165) is 5.56 Å². The Hall–Kier alpha value is -1.74. The van der Waals surface area contributed by atoms with Crippen LogP contribution in [0, 0.1) is 13.8 Å². The van der Waals surface area contributed by atoms with E-state index in [9.17, 15) is 4.79 Å². The lowest BCUT2D eigenvalue weighted by Gasteiger charge is -2.05. The van der Waals surface area contributed by atoms with E-state index in [1.807, 2.05) is 6.92 Å². The number of halogens is 1. The quantitative estimate of drug-likeness (QED) is 0.880. The molecule has 4 heteroatoms. The molecule has 0 unspecified atom stereocenters. The van der Waals surface area contributed by atoms with Crippen molar-refractivity contribution in [2.24, 2.45) is 0 Å². The van der Waals surface area contributed by atoms with Crippen LogP contribution >= 0.6 is 11.6 Å². The van der Waals surface area contributed by atoms with Crippen molar-refractivity contribution in [1.82, 2.24) is 0 Å². The van der Waals surface area contributed by atoms with Crippen molar-refractivity contribution in [3.05, 3.63) is 52.4 Å². The average molecular weight is 250 g/mol. The van der Waals surface area contributed by atoms with Crippen LogP contribution in [0.25, 0.3) is 0 Å². The van der Waals surface area contributed by atoms with E-state index in [4.69, 9.17) is 16.0 Å². The topological polar surface area (TPSA) is 42.2 Å². The molecular weight excluding hydrogens is 238 g/mol. The number of nitrogens with one attached hydrogen (secondary N) is 1.